The second-order valence-electron chi connectivity index (χ2n) is 7.62. The van der Waals surface area contributed by atoms with Crippen LogP contribution in [-0.2, 0) is 0 Å². The first kappa shape index (κ1) is 15.6. The lowest BCUT2D eigenvalue weighted by Gasteiger charge is -2.26. The fraction of sp³-hybridized carbons (Fsp3) is 0.619. The average molecular weight is 298 g/mol. The van der Waals surface area contributed by atoms with Crippen LogP contribution in [0.2, 0.25) is 0 Å². The first-order valence-electron chi connectivity index (χ1n) is 9.17. The van der Waals surface area contributed by atoms with Crippen molar-refractivity contribution in [2.24, 2.45) is 11.8 Å². The molecule has 1 heteroatoms. The summed E-state index contributed by atoms with van der Waals surface area (Å²) in [5.41, 5.74) is 4.04. The van der Waals surface area contributed by atoms with Gasteiger partial charge in [-0.2, -0.15) is 0 Å². The molecule has 3 rings (SSSR count). The number of phenols is 1. The Morgan fingerprint density at radius 2 is 1.82 bits per heavy atom. The highest BCUT2D eigenvalue weighted by Gasteiger charge is 2.21. The molecule has 1 aromatic carbocycles. The van der Waals surface area contributed by atoms with E-state index in [0.29, 0.717) is 11.7 Å². The number of benzene rings is 1. The summed E-state index contributed by atoms with van der Waals surface area (Å²) in [6, 6.07) is 6.32. The van der Waals surface area contributed by atoms with E-state index >= 15 is 0 Å². The van der Waals surface area contributed by atoms with Crippen molar-refractivity contribution in [1.29, 1.82) is 0 Å². The number of rotatable bonds is 3. The molecular formula is C21H30O. The lowest BCUT2D eigenvalue weighted by atomic mass is 9.79. The van der Waals surface area contributed by atoms with Crippen LogP contribution in [0.4, 0.5) is 0 Å². The average Bonchev–Trinajstić information content (AvgIpc) is 2.56. The lowest BCUT2D eigenvalue weighted by Crippen LogP contribution is -2.12. The van der Waals surface area contributed by atoms with Gasteiger partial charge in [0, 0.05) is 0 Å². The molecule has 1 aromatic rings. The first-order chi connectivity index (χ1) is 10.6. The van der Waals surface area contributed by atoms with Gasteiger partial charge >= 0.3 is 0 Å². The van der Waals surface area contributed by atoms with Crippen LogP contribution < -0.4 is 0 Å². The number of phenolic OH excluding ortho intramolecular Hbond substituents is 1. The van der Waals surface area contributed by atoms with Gasteiger partial charge in [-0.1, -0.05) is 45.3 Å². The second-order valence-corrected chi connectivity index (χ2v) is 7.62. The topological polar surface area (TPSA) is 20.2 Å². The van der Waals surface area contributed by atoms with Crippen LogP contribution in [0.15, 0.2) is 24.3 Å². The summed E-state index contributed by atoms with van der Waals surface area (Å²) >= 11 is 0. The van der Waals surface area contributed by atoms with Gasteiger partial charge in [-0.15, -0.1) is 0 Å². The molecule has 0 aliphatic heterocycles. The third-order valence-corrected chi connectivity index (χ3v) is 5.84. The fourth-order valence-corrected chi connectivity index (χ4v) is 4.22. The molecule has 1 fully saturated rings. The molecule has 0 spiro atoms. The van der Waals surface area contributed by atoms with Crippen LogP contribution in [0.1, 0.15) is 82.3 Å². The summed E-state index contributed by atoms with van der Waals surface area (Å²) in [5, 5.41) is 10.3. The zero-order chi connectivity index (χ0) is 15.5. The van der Waals surface area contributed by atoms with Crippen molar-refractivity contribution in [3.8, 4) is 5.75 Å². The molecule has 120 valence electrons. The van der Waals surface area contributed by atoms with Crippen LogP contribution in [-0.4, -0.2) is 5.11 Å². The lowest BCUT2D eigenvalue weighted by molar-refractivity contribution is 0.359. The zero-order valence-electron chi connectivity index (χ0n) is 14.1. The van der Waals surface area contributed by atoms with E-state index in [4.69, 9.17) is 0 Å². The third-order valence-electron chi connectivity index (χ3n) is 5.84. The van der Waals surface area contributed by atoms with Gasteiger partial charge in [0.25, 0.3) is 0 Å². The van der Waals surface area contributed by atoms with Gasteiger partial charge in [-0.3, -0.25) is 0 Å². The maximum Gasteiger partial charge on any atom is 0.119 e. The molecule has 1 saturated carbocycles. The minimum atomic E-state index is 0.507. The van der Waals surface area contributed by atoms with Crippen molar-refractivity contribution >= 4 is 5.57 Å². The zero-order valence-corrected chi connectivity index (χ0v) is 14.1. The van der Waals surface area contributed by atoms with E-state index in [-0.39, 0.29) is 0 Å². The Hall–Kier alpha value is -1.24. The molecule has 0 heterocycles. The highest BCUT2D eigenvalue weighted by atomic mass is 16.3. The number of hydrogen-bond acceptors (Lipinski definition) is 1. The Balaban J connectivity index is 1.80. The van der Waals surface area contributed by atoms with Crippen LogP contribution >= 0.6 is 0 Å². The minimum Gasteiger partial charge on any atom is -0.508 e. The Kier molecular flexibility index (Phi) is 4.90. The quantitative estimate of drug-likeness (QED) is 0.696. The number of allylic oxidation sites excluding steroid dienone is 2. The summed E-state index contributed by atoms with van der Waals surface area (Å²) in [7, 11) is 0. The van der Waals surface area contributed by atoms with Gasteiger partial charge in [0.15, 0.2) is 0 Å². The molecule has 1 atom stereocenters. The minimum absolute atomic E-state index is 0.507. The molecule has 0 bridgehead atoms. The van der Waals surface area contributed by atoms with Crippen LogP contribution in [0, 0.1) is 11.8 Å². The van der Waals surface area contributed by atoms with E-state index in [0.717, 1.165) is 11.8 Å². The second kappa shape index (κ2) is 6.89. The van der Waals surface area contributed by atoms with E-state index in [1.165, 1.54) is 68.1 Å². The van der Waals surface area contributed by atoms with Crippen molar-refractivity contribution in [3.63, 3.8) is 0 Å². The smallest absolute Gasteiger partial charge is 0.119 e. The molecule has 1 unspecified atom stereocenters. The Labute approximate surface area is 135 Å². The molecule has 0 radical (unpaired) electrons. The van der Waals surface area contributed by atoms with Crippen LogP contribution in [0.25, 0.3) is 5.57 Å². The van der Waals surface area contributed by atoms with E-state index < -0.39 is 0 Å². The highest BCUT2D eigenvalue weighted by Crippen LogP contribution is 2.40. The van der Waals surface area contributed by atoms with E-state index in [1.807, 2.05) is 6.07 Å². The summed E-state index contributed by atoms with van der Waals surface area (Å²) in [6.07, 6.45) is 12.6. The molecular weight excluding hydrogens is 268 g/mol. The van der Waals surface area contributed by atoms with E-state index in [1.54, 1.807) is 0 Å². The normalized spacial score (nSPS) is 23.6. The molecule has 1 nitrogen and oxygen atoms in total. The van der Waals surface area contributed by atoms with Gasteiger partial charge in [0.1, 0.15) is 5.75 Å². The monoisotopic (exact) mass is 298 g/mol. The molecule has 0 aromatic heterocycles. The molecule has 22 heavy (non-hydrogen) atoms. The predicted octanol–water partition coefficient (Wildman–Crippen LogP) is 6.28. The summed E-state index contributed by atoms with van der Waals surface area (Å²) < 4.78 is 0. The predicted molar refractivity (Wildman–Crippen MR) is 94.1 cm³/mol. The fourth-order valence-electron chi connectivity index (χ4n) is 4.22. The SMILES string of the molecule is CC(C)C1CC=C(c2ccc(O)c(C3CCCCC3)c2)CC1. The molecule has 2 aliphatic rings. The molecule has 0 amide bonds. The Bertz CT molecular complexity index is 535. The number of hydrogen-bond donors (Lipinski definition) is 1. The molecule has 1 N–H and O–H groups in total. The Morgan fingerprint density at radius 1 is 1.05 bits per heavy atom. The van der Waals surface area contributed by atoms with Gasteiger partial charge in [0.05, 0.1) is 0 Å². The first-order valence-corrected chi connectivity index (χ1v) is 9.17. The van der Waals surface area contributed by atoms with Crippen LogP contribution in [0.3, 0.4) is 0 Å². The van der Waals surface area contributed by atoms with Gasteiger partial charge in [-0.05, 0) is 78.7 Å². The molecule has 2 aliphatic carbocycles. The third kappa shape index (κ3) is 3.39. The van der Waals surface area contributed by atoms with Crippen molar-refractivity contribution in [2.45, 2.75) is 71.1 Å². The summed E-state index contributed by atoms with van der Waals surface area (Å²) in [6.45, 7) is 4.68. The van der Waals surface area contributed by atoms with E-state index in [2.05, 4.69) is 32.1 Å². The Morgan fingerprint density at radius 3 is 2.45 bits per heavy atom. The standard InChI is InChI=1S/C21H30O/c1-15(2)16-8-10-17(11-9-16)19-12-13-21(22)20(14-19)18-6-4-3-5-7-18/h10,12-16,18,22H,3-9,11H2,1-2H3. The van der Waals surface area contributed by atoms with E-state index in [9.17, 15) is 5.11 Å². The molecule has 0 saturated heterocycles. The maximum absolute atomic E-state index is 10.3. The van der Waals surface area contributed by atoms with Crippen molar-refractivity contribution in [3.05, 3.63) is 35.4 Å². The van der Waals surface area contributed by atoms with Gasteiger partial charge in [0.2, 0.25) is 0 Å². The maximum atomic E-state index is 10.3. The highest BCUT2D eigenvalue weighted by molar-refractivity contribution is 5.68. The van der Waals surface area contributed by atoms with Gasteiger partial charge < -0.3 is 5.11 Å². The summed E-state index contributed by atoms with van der Waals surface area (Å²) in [4.78, 5) is 0. The van der Waals surface area contributed by atoms with Crippen molar-refractivity contribution < 1.29 is 5.11 Å². The number of aromatic hydroxyl groups is 1. The van der Waals surface area contributed by atoms with Crippen molar-refractivity contribution in [2.75, 3.05) is 0 Å². The summed E-state index contributed by atoms with van der Waals surface area (Å²) in [5.74, 6) is 2.71. The largest absolute Gasteiger partial charge is 0.508 e. The van der Waals surface area contributed by atoms with Crippen molar-refractivity contribution in [1.82, 2.24) is 0 Å². The van der Waals surface area contributed by atoms with Crippen LogP contribution in [0.5, 0.6) is 5.75 Å². The van der Waals surface area contributed by atoms with Gasteiger partial charge in [-0.25, -0.2) is 0 Å².